The summed E-state index contributed by atoms with van der Waals surface area (Å²) in [5, 5.41) is 12.3. The maximum Gasteiger partial charge on any atom is 0.334 e. The molecule has 1 aromatic carbocycles. The summed E-state index contributed by atoms with van der Waals surface area (Å²) in [6, 6.07) is 1.70. The van der Waals surface area contributed by atoms with Gasteiger partial charge < -0.3 is 38.3 Å². The Bertz CT molecular complexity index is 1420. The van der Waals surface area contributed by atoms with Crippen molar-refractivity contribution in [1.82, 2.24) is 0 Å². The first kappa shape index (κ1) is 28.5. The summed E-state index contributed by atoms with van der Waals surface area (Å²) in [7, 11) is 2.74. The van der Waals surface area contributed by atoms with Gasteiger partial charge in [-0.15, -0.1) is 0 Å². The molecule has 1 spiro atoms. The maximum absolute atomic E-state index is 13.5. The predicted molar refractivity (Wildman–Crippen MR) is 142 cm³/mol. The molecule has 41 heavy (non-hydrogen) atoms. The molecule has 0 saturated carbocycles. The summed E-state index contributed by atoms with van der Waals surface area (Å²) in [5.41, 5.74) is -1.83. The van der Waals surface area contributed by atoms with Gasteiger partial charge in [0.1, 0.15) is 23.7 Å². The van der Waals surface area contributed by atoms with Crippen LogP contribution in [0.5, 0.6) is 17.2 Å². The van der Waals surface area contributed by atoms with E-state index in [9.17, 15) is 19.5 Å². The van der Waals surface area contributed by atoms with Gasteiger partial charge in [-0.2, -0.15) is 0 Å². The van der Waals surface area contributed by atoms with Gasteiger partial charge in [0.25, 0.3) is 0 Å². The van der Waals surface area contributed by atoms with Gasteiger partial charge in [-0.3, -0.25) is 9.59 Å². The first-order valence-electron chi connectivity index (χ1n) is 13.4. The van der Waals surface area contributed by atoms with E-state index in [2.05, 4.69) is 0 Å². The molecule has 220 valence electrons. The molecule has 1 aromatic rings. The maximum atomic E-state index is 13.5. The second-order valence-corrected chi connectivity index (χ2v) is 10.7. The van der Waals surface area contributed by atoms with Gasteiger partial charge in [-0.25, -0.2) is 4.79 Å². The fourth-order valence-corrected chi connectivity index (χ4v) is 6.04. The third-order valence-electron chi connectivity index (χ3n) is 8.54. The first-order chi connectivity index (χ1) is 19.5. The Labute approximate surface area is 237 Å². The lowest BCUT2D eigenvalue weighted by atomic mass is 9.60. The number of benzene rings is 1. The number of carbonyl (C=O) groups is 3. The molecule has 2 heterocycles. The van der Waals surface area contributed by atoms with Gasteiger partial charge in [0.15, 0.2) is 23.4 Å². The van der Waals surface area contributed by atoms with E-state index in [0.29, 0.717) is 33.9 Å². The number of methoxy groups -OCH3 is 2. The van der Waals surface area contributed by atoms with Gasteiger partial charge in [-0.1, -0.05) is 19.9 Å². The van der Waals surface area contributed by atoms with Crippen molar-refractivity contribution in [2.45, 2.75) is 64.3 Å². The molecule has 5 atom stereocenters. The van der Waals surface area contributed by atoms with Crippen molar-refractivity contribution in [3.8, 4) is 17.2 Å². The normalized spacial score (nSPS) is 29.9. The van der Waals surface area contributed by atoms with Gasteiger partial charge in [0, 0.05) is 29.0 Å². The van der Waals surface area contributed by atoms with Crippen LogP contribution in [0.25, 0.3) is 0 Å². The number of hydrogen-bond acceptors (Lipinski definition) is 11. The van der Waals surface area contributed by atoms with Crippen molar-refractivity contribution >= 4 is 17.7 Å². The highest BCUT2D eigenvalue weighted by Gasteiger charge is 2.64. The number of ether oxygens (including phenoxy) is 7. The third kappa shape index (κ3) is 4.00. The second kappa shape index (κ2) is 10.1. The van der Waals surface area contributed by atoms with Crippen molar-refractivity contribution < 1.29 is 52.6 Å². The van der Waals surface area contributed by atoms with Crippen molar-refractivity contribution in [3.63, 3.8) is 0 Å². The minimum atomic E-state index is -1.87. The lowest BCUT2D eigenvalue weighted by molar-refractivity contribution is -0.178. The largest absolute Gasteiger partial charge is 0.496 e. The summed E-state index contributed by atoms with van der Waals surface area (Å²) in [5.74, 6) is -1.57. The Hall–Kier alpha value is -3.99. The second-order valence-electron chi connectivity index (χ2n) is 10.7. The van der Waals surface area contributed by atoms with Crippen LogP contribution in [0.3, 0.4) is 0 Å². The fraction of sp³-hybridized carbons (Fsp3) is 0.500. The Morgan fingerprint density at radius 3 is 2.51 bits per heavy atom. The Kier molecular flexibility index (Phi) is 7.05. The number of hydrogen-bond donors (Lipinski definition) is 1. The molecule has 11 heteroatoms. The number of ketones is 1. The lowest BCUT2D eigenvalue weighted by Crippen LogP contribution is -2.57. The molecule has 5 rings (SSSR count). The molecule has 0 saturated heterocycles. The van der Waals surface area contributed by atoms with E-state index in [0.717, 1.165) is 0 Å². The lowest BCUT2D eigenvalue weighted by Gasteiger charge is -2.49. The first-order valence-corrected chi connectivity index (χ1v) is 13.4. The van der Waals surface area contributed by atoms with Crippen LogP contribution in [0.2, 0.25) is 0 Å². The molecular weight excluding hydrogens is 536 g/mol. The van der Waals surface area contributed by atoms with Gasteiger partial charge in [-0.05, 0) is 38.5 Å². The van der Waals surface area contributed by atoms with Crippen molar-refractivity contribution in [2.24, 2.45) is 5.92 Å². The van der Waals surface area contributed by atoms with Crippen LogP contribution >= 0.6 is 0 Å². The zero-order valence-corrected chi connectivity index (χ0v) is 24.1. The molecule has 11 nitrogen and oxygen atoms in total. The van der Waals surface area contributed by atoms with Gasteiger partial charge >= 0.3 is 11.9 Å². The third-order valence-corrected chi connectivity index (χ3v) is 8.54. The van der Waals surface area contributed by atoms with Crippen LogP contribution < -0.4 is 14.2 Å². The monoisotopic (exact) mass is 570 g/mol. The Morgan fingerprint density at radius 2 is 1.88 bits per heavy atom. The fourth-order valence-electron chi connectivity index (χ4n) is 6.04. The minimum absolute atomic E-state index is 0.0609. The van der Waals surface area contributed by atoms with Crippen molar-refractivity contribution in [3.05, 3.63) is 52.0 Å². The van der Waals surface area contributed by atoms with Gasteiger partial charge in [0.2, 0.25) is 24.1 Å². The summed E-state index contributed by atoms with van der Waals surface area (Å²) < 4.78 is 41.2. The number of fused-ring (bicyclic) bond motifs is 2. The summed E-state index contributed by atoms with van der Waals surface area (Å²) in [4.78, 5) is 39.5. The van der Waals surface area contributed by atoms with Gasteiger partial charge in [0.05, 0.1) is 14.2 Å². The van der Waals surface area contributed by atoms with E-state index in [1.165, 1.54) is 27.2 Å². The van der Waals surface area contributed by atoms with E-state index in [1.54, 1.807) is 39.8 Å². The quantitative estimate of drug-likeness (QED) is 0.398. The topological polar surface area (TPSA) is 136 Å². The molecule has 0 bridgehead atoms. The molecule has 0 radical (unpaired) electrons. The zero-order chi connectivity index (χ0) is 29.9. The molecular formula is C30H34O11. The minimum Gasteiger partial charge on any atom is -0.496 e. The van der Waals surface area contributed by atoms with Crippen LogP contribution in [0, 0.1) is 5.92 Å². The Balaban J connectivity index is 1.91. The van der Waals surface area contributed by atoms with Crippen molar-refractivity contribution in [1.29, 1.82) is 0 Å². The highest BCUT2D eigenvalue weighted by molar-refractivity contribution is 6.06. The molecule has 0 unspecified atom stereocenters. The molecule has 4 aliphatic rings. The van der Waals surface area contributed by atoms with Crippen LogP contribution in [0.4, 0.5) is 0 Å². The van der Waals surface area contributed by atoms with Crippen molar-refractivity contribution in [2.75, 3.05) is 27.6 Å². The Morgan fingerprint density at radius 1 is 1.15 bits per heavy atom. The predicted octanol–water partition coefficient (Wildman–Crippen LogP) is 3.33. The highest BCUT2D eigenvalue weighted by atomic mass is 16.7. The zero-order valence-electron chi connectivity index (χ0n) is 24.1. The van der Waals surface area contributed by atoms with Crippen LogP contribution in [-0.4, -0.2) is 62.2 Å². The van der Waals surface area contributed by atoms with E-state index in [-0.39, 0.29) is 36.9 Å². The SMILES string of the molecule is C/C=C(/C)C(=O)O[C@H]1C2=CC(=O)C(OC)=C(OC)[C@@]23COc2c4c(cc(c23)[C@H](OC(=O)CC)[C@H](C)[C@]1(C)O)OCO4. The average molecular weight is 571 g/mol. The van der Waals surface area contributed by atoms with E-state index in [4.69, 9.17) is 33.2 Å². The highest BCUT2D eigenvalue weighted by Crippen LogP contribution is 2.63. The van der Waals surface area contributed by atoms with Crippen LogP contribution in [0.1, 0.15) is 58.3 Å². The molecule has 0 amide bonds. The van der Waals surface area contributed by atoms with Crippen LogP contribution in [-0.2, 0) is 38.7 Å². The van der Waals surface area contributed by atoms with Crippen LogP contribution in [0.15, 0.2) is 40.9 Å². The number of rotatable bonds is 6. The number of esters is 2. The average Bonchev–Trinajstić information content (AvgIpc) is 3.59. The molecule has 2 aliphatic heterocycles. The molecule has 1 N–H and O–H groups in total. The van der Waals surface area contributed by atoms with E-state index < -0.39 is 46.9 Å². The molecule has 0 fully saturated rings. The number of aliphatic hydroxyl groups is 1. The summed E-state index contributed by atoms with van der Waals surface area (Å²) >= 11 is 0. The summed E-state index contributed by atoms with van der Waals surface area (Å²) in [6.45, 7) is 7.93. The number of allylic oxidation sites excluding steroid dienone is 2. The standard InChI is InChI=1S/C30H34O11/c1-8-14(3)28(33)41-26-17-11-18(31)23(35-6)27(36-7)30(17)12-37-25-21(30)16(10-19-24(25)39-13-38-19)22(40-20(32)9-2)15(4)29(26,5)34/h8,10-11,15,22,26,34H,9,12-13H2,1-7H3/b14-8-/t15-,22+,26-,29-,30-/m0/s1. The van der Waals surface area contributed by atoms with E-state index >= 15 is 0 Å². The number of carbonyl (C=O) groups excluding carboxylic acids is 3. The molecule has 2 aliphatic carbocycles. The summed E-state index contributed by atoms with van der Waals surface area (Å²) in [6.07, 6.45) is 0.517. The smallest absolute Gasteiger partial charge is 0.334 e. The van der Waals surface area contributed by atoms with E-state index in [1.807, 2.05) is 0 Å². The molecule has 0 aromatic heterocycles.